The predicted octanol–water partition coefficient (Wildman–Crippen LogP) is 1.22. The average Bonchev–Trinajstić information content (AvgIpc) is 2.86. The molecule has 0 aliphatic carbocycles. The molecule has 2 fully saturated rings. The number of nitrogens with one attached hydrogen (secondary N) is 2. The minimum absolute atomic E-state index is 0.0289. The third-order valence-corrected chi connectivity index (χ3v) is 5.88. The maximum absolute atomic E-state index is 11.7. The monoisotopic (exact) mass is 512 g/mol. The smallest absolute Gasteiger partial charge is 0.343 e. The molecule has 36 heavy (non-hydrogen) atoms. The van der Waals surface area contributed by atoms with Gasteiger partial charge in [-0.3, -0.25) is 15.0 Å². The highest BCUT2D eigenvalue weighted by atomic mass is 16.7. The number of benzene rings is 1. The fourth-order valence-electron chi connectivity index (χ4n) is 4.15. The number of hydrogen-bond donors (Lipinski definition) is 5. The Bertz CT molecular complexity index is 775. The van der Waals surface area contributed by atoms with Gasteiger partial charge in [-0.2, -0.15) is 0 Å². The first-order valence-electron chi connectivity index (χ1n) is 12.4. The summed E-state index contributed by atoms with van der Waals surface area (Å²) >= 11 is 0. The van der Waals surface area contributed by atoms with Crippen molar-refractivity contribution in [3.05, 3.63) is 34.4 Å². The van der Waals surface area contributed by atoms with E-state index in [1.54, 1.807) is 0 Å². The molecule has 13 nitrogen and oxygen atoms in total. The van der Waals surface area contributed by atoms with Gasteiger partial charge in [0, 0.05) is 30.9 Å². The van der Waals surface area contributed by atoms with Crippen LogP contribution in [-0.2, 0) is 9.68 Å². The van der Waals surface area contributed by atoms with Gasteiger partial charge in [0.25, 0.3) is 5.69 Å². The summed E-state index contributed by atoms with van der Waals surface area (Å²) in [7, 11) is 0. The number of nitrogens with two attached hydrogens (primary N) is 1. The van der Waals surface area contributed by atoms with Crippen molar-refractivity contribution in [1.82, 2.24) is 15.3 Å². The number of aliphatic hydroxyl groups is 2. The lowest BCUT2D eigenvalue weighted by Gasteiger charge is -2.28. The van der Waals surface area contributed by atoms with Crippen molar-refractivity contribution in [2.75, 3.05) is 57.8 Å². The van der Waals surface area contributed by atoms with E-state index in [-0.39, 0.29) is 24.6 Å². The molecule has 2 saturated heterocycles. The number of urea groups is 1. The summed E-state index contributed by atoms with van der Waals surface area (Å²) < 4.78 is 0. The topological polar surface area (TPSA) is 176 Å². The Morgan fingerprint density at radius 1 is 1.00 bits per heavy atom. The fraction of sp³-hybridized carbons (Fsp3) is 0.696. The molecule has 3 rings (SSSR count). The Morgan fingerprint density at radius 3 is 2.08 bits per heavy atom. The quantitative estimate of drug-likeness (QED) is 0.214. The van der Waals surface area contributed by atoms with Crippen LogP contribution in [0.1, 0.15) is 38.5 Å². The molecule has 0 spiro atoms. The molecule has 0 aromatic heterocycles. The second-order valence-electron chi connectivity index (χ2n) is 9.04. The third kappa shape index (κ3) is 12.5. The van der Waals surface area contributed by atoms with Gasteiger partial charge in [0.2, 0.25) is 0 Å². The zero-order valence-electron chi connectivity index (χ0n) is 20.7. The van der Waals surface area contributed by atoms with E-state index >= 15 is 0 Å². The molecule has 204 valence electrons. The largest absolute Gasteiger partial charge is 0.389 e. The van der Waals surface area contributed by atoms with Gasteiger partial charge in [0.05, 0.1) is 23.7 Å². The number of nitrogens with zero attached hydrogens (tertiary/aromatic N) is 3. The van der Waals surface area contributed by atoms with E-state index in [9.17, 15) is 25.1 Å². The number of nitro groups is 1. The van der Waals surface area contributed by atoms with Gasteiger partial charge >= 0.3 is 6.03 Å². The second kappa shape index (κ2) is 17.1. The highest BCUT2D eigenvalue weighted by Gasteiger charge is 2.16. The van der Waals surface area contributed by atoms with Crippen molar-refractivity contribution in [3.8, 4) is 0 Å². The SMILES string of the molecule is NOCC(O)CN1CCCCC1.O=C(NOCC(O)CN1CCCCC1)Nc1cccc([N+](=O)[O-])c1. The van der Waals surface area contributed by atoms with Crippen molar-refractivity contribution in [2.24, 2.45) is 5.90 Å². The van der Waals surface area contributed by atoms with Gasteiger partial charge in [-0.15, -0.1) is 0 Å². The van der Waals surface area contributed by atoms with E-state index in [1.807, 2.05) is 0 Å². The number of piperidine rings is 2. The van der Waals surface area contributed by atoms with Crippen molar-refractivity contribution in [3.63, 3.8) is 0 Å². The van der Waals surface area contributed by atoms with Crippen LogP contribution in [0, 0.1) is 10.1 Å². The predicted molar refractivity (Wildman–Crippen MR) is 134 cm³/mol. The number of carbonyl (C=O) groups excluding carboxylic acids is 1. The van der Waals surface area contributed by atoms with Crippen LogP contribution in [0.4, 0.5) is 16.2 Å². The minimum atomic E-state index is -0.693. The molecular formula is C23H40N6O7. The highest BCUT2D eigenvalue weighted by Crippen LogP contribution is 2.16. The van der Waals surface area contributed by atoms with Gasteiger partial charge in [0.1, 0.15) is 6.61 Å². The van der Waals surface area contributed by atoms with Gasteiger partial charge in [-0.25, -0.2) is 16.2 Å². The van der Waals surface area contributed by atoms with Crippen molar-refractivity contribution < 1.29 is 29.6 Å². The summed E-state index contributed by atoms with van der Waals surface area (Å²) in [5.41, 5.74) is 2.31. The molecule has 2 aliphatic rings. The number of likely N-dealkylation sites (tertiary alicyclic amines) is 2. The Morgan fingerprint density at radius 2 is 1.56 bits per heavy atom. The summed E-state index contributed by atoms with van der Waals surface area (Å²) in [6, 6.07) is 4.90. The number of rotatable bonds is 11. The lowest BCUT2D eigenvalue weighted by Crippen LogP contribution is -2.40. The Balaban J connectivity index is 0.000000319. The van der Waals surface area contributed by atoms with E-state index in [0.717, 1.165) is 39.0 Å². The van der Waals surface area contributed by atoms with E-state index in [2.05, 4.69) is 25.4 Å². The Hall–Kier alpha value is -2.39. The van der Waals surface area contributed by atoms with Crippen LogP contribution in [0.25, 0.3) is 0 Å². The van der Waals surface area contributed by atoms with Crippen LogP contribution in [0.3, 0.4) is 0 Å². The highest BCUT2D eigenvalue weighted by molar-refractivity contribution is 5.88. The number of amides is 2. The number of β-amino-alcohol motifs (C(OH)–C–C–N with tert-alkyl or cyclic N) is 2. The summed E-state index contributed by atoms with van der Waals surface area (Å²) in [6.45, 7) is 5.54. The summed E-state index contributed by atoms with van der Waals surface area (Å²) in [6.07, 6.45) is 6.18. The van der Waals surface area contributed by atoms with Crippen molar-refractivity contribution >= 4 is 17.4 Å². The number of non-ortho nitro benzene ring substituents is 1. The van der Waals surface area contributed by atoms with Crippen LogP contribution < -0.4 is 16.7 Å². The van der Waals surface area contributed by atoms with E-state index in [4.69, 9.17) is 10.7 Å². The van der Waals surface area contributed by atoms with Crippen LogP contribution in [0.2, 0.25) is 0 Å². The zero-order chi connectivity index (χ0) is 26.2. The van der Waals surface area contributed by atoms with E-state index in [0.29, 0.717) is 13.1 Å². The number of hydroxylamine groups is 1. The average molecular weight is 513 g/mol. The summed E-state index contributed by atoms with van der Waals surface area (Å²) in [5, 5.41) is 32.3. The number of nitro benzene ring substituents is 1. The molecule has 0 saturated carbocycles. The molecular weight excluding hydrogens is 472 g/mol. The number of aliphatic hydroxyl groups excluding tert-OH is 2. The maximum Gasteiger partial charge on any atom is 0.343 e. The number of carbonyl (C=O) groups is 1. The van der Waals surface area contributed by atoms with Crippen LogP contribution in [0.15, 0.2) is 24.3 Å². The van der Waals surface area contributed by atoms with Crippen LogP contribution in [0.5, 0.6) is 0 Å². The standard InChI is InChI=1S/C15H22N4O5.C8H18N2O2/c20-14(10-18-7-2-1-3-8-18)11-24-17-15(21)16-12-5-4-6-13(9-12)19(22)23;9-12-7-8(11)6-10-4-2-1-3-5-10/h4-6,9,14,20H,1-3,7-8,10-11H2,(H2,16,17,21);8,11H,1-7,9H2. The number of anilines is 1. The molecule has 0 radical (unpaired) electrons. The third-order valence-electron chi connectivity index (χ3n) is 5.88. The molecule has 2 unspecified atom stereocenters. The molecule has 2 heterocycles. The zero-order valence-corrected chi connectivity index (χ0v) is 20.7. The van der Waals surface area contributed by atoms with Gasteiger partial charge in [-0.05, 0) is 57.9 Å². The van der Waals surface area contributed by atoms with Gasteiger partial charge < -0.3 is 30.2 Å². The Kier molecular flexibility index (Phi) is 14.2. The molecule has 6 N–H and O–H groups in total. The lowest BCUT2D eigenvalue weighted by molar-refractivity contribution is -0.384. The Labute approximate surface area is 211 Å². The van der Waals surface area contributed by atoms with Gasteiger partial charge in [-0.1, -0.05) is 18.9 Å². The van der Waals surface area contributed by atoms with Gasteiger partial charge in [0.15, 0.2) is 0 Å². The maximum atomic E-state index is 11.7. The minimum Gasteiger partial charge on any atom is -0.389 e. The molecule has 2 amide bonds. The summed E-state index contributed by atoms with van der Waals surface area (Å²) in [5.74, 6) is 4.86. The molecule has 2 aliphatic heterocycles. The van der Waals surface area contributed by atoms with Crippen LogP contribution in [-0.4, -0.2) is 95.7 Å². The molecule has 0 bridgehead atoms. The summed E-state index contributed by atoms with van der Waals surface area (Å²) in [4.78, 5) is 35.6. The molecule has 1 aromatic rings. The lowest BCUT2D eigenvalue weighted by atomic mass is 10.1. The first-order valence-corrected chi connectivity index (χ1v) is 12.4. The first-order chi connectivity index (χ1) is 17.4. The van der Waals surface area contributed by atoms with E-state index in [1.165, 1.54) is 49.9 Å². The molecule has 1 aromatic carbocycles. The fourth-order valence-corrected chi connectivity index (χ4v) is 4.15. The second-order valence-corrected chi connectivity index (χ2v) is 9.04. The first kappa shape index (κ1) is 29.8. The van der Waals surface area contributed by atoms with Crippen molar-refractivity contribution in [2.45, 2.75) is 50.7 Å². The van der Waals surface area contributed by atoms with E-state index < -0.39 is 23.2 Å². The molecule has 13 heteroatoms. The van der Waals surface area contributed by atoms with Crippen LogP contribution >= 0.6 is 0 Å². The normalized spacial score (nSPS) is 18.4. The molecule has 2 atom stereocenters. The number of hydrogen-bond acceptors (Lipinski definition) is 10. The van der Waals surface area contributed by atoms with Crippen molar-refractivity contribution in [1.29, 1.82) is 0 Å².